The first-order valence-corrected chi connectivity index (χ1v) is 6.46. The van der Waals surface area contributed by atoms with Crippen LogP contribution < -0.4 is 5.32 Å². The Balaban J connectivity index is 2.60. The summed E-state index contributed by atoms with van der Waals surface area (Å²) in [5, 5.41) is 3.12. The number of nitrogens with one attached hydrogen (secondary N) is 1. The molecular formula is C11H12Cl3NO2. The number of aryl methyl sites for hydroxylation is 1. The van der Waals surface area contributed by atoms with E-state index >= 15 is 0 Å². The smallest absolute Gasteiger partial charge is 0.411 e. The molecule has 0 heterocycles. The van der Waals surface area contributed by atoms with E-state index in [4.69, 9.17) is 39.5 Å². The van der Waals surface area contributed by atoms with Crippen molar-refractivity contribution in [2.45, 2.75) is 6.42 Å². The maximum absolute atomic E-state index is 11.2. The Kier molecular flexibility index (Phi) is 6.48. The molecule has 0 bridgehead atoms. The summed E-state index contributed by atoms with van der Waals surface area (Å²) in [6, 6.07) is 5.23. The lowest BCUT2D eigenvalue weighted by Crippen LogP contribution is -2.14. The first-order valence-electron chi connectivity index (χ1n) is 5.01. The SMILES string of the molecule is O=C(Nc1ccc(CCCl)c(Cl)c1)OCCCl. The molecule has 0 saturated heterocycles. The quantitative estimate of drug-likeness (QED) is 0.837. The van der Waals surface area contributed by atoms with Gasteiger partial charge >= 0.3 is 6.09 Å². The minimum Gasteiger partial charge on any atom is -0.448 e. The van der Waals surface area contributed by atoms with Crippen LogP contribution in [0.5, 0.6) is 0 Å². The number of halogens is 3. The Morgan fingerprint density at radius 1 is 1.29 bits per heavy atom. The first kappa shape index (κ1) is 14.4. The van der Waals surface area contributed by atoms with Crippen LogP contribution in [0, 0.1) is 0 Å². The van der Waals surface area contributed by atoms with Gasteiger partial charge < -0.3 is 4.74 Å². The average Bonchev–Trinajstić information content (AvgIpc) is 2.30. The van der Waals surface area contributed by atoms with Gasteiger partial charge in [-0.3, -0.25) is 5.32 Å². The second-order valence-electron chi connectivity index (χ2n) is 3.20. The van der Waals surface area contributed by atoms with Gasteiger partial charge in [-0.05, 0) is 24.1 Å². The molecular weight excluding hydrogens is 284 g/mol. The van der Waals surface area contributed by atoms with Crippen molar-refractivity contribution < 1.29 is 9.53 Å². The molecule has 6 heteroatoms. The van der Waals surface area contributed by atoms with Crippen molar-refractivity contribution in [3.05, 3.63) is 28.8 Å². The molecule has 0 spiro atoms. The summed E-state index contributed by atoms with van der Waals surface area (Å²) in [7, 11) is 0. The number of hydrogen-bond acceptors (Lipinski definition) is 2. The molecule has 0 aliphatic heterocycles. The van der Waals surface area contributed by atoms with Crippen LogP contribution in [0.3, 0.4) is 0 Å². The monoisotopic (exact) mass is 295 g/mol. The van der Waals surface area contributed by atoms with E-state index < -0.39 is 6.09 Å². The Labute approximate surface area is 115 Å². The Morgan fingerprint density at radius 2 is 2.06 bits per heavy atom. The number of amides is 1. The average molecular weight is 297 g/mol. The lowest BCUT2D eigenvalue weighted by molar-refractivity contribution is 0.168. The molecule has 0 fully saturated rings. The standard InChI is InChI=1S/C11H12Cl3NO2/c12-4-3-8-1-2-9(7-10(8)14)15-11(16)17-6-5-13/h1-2,7H,3-6H2,(H,15,16). The Morgan fingerprint density at radius 3 is 2.65 bits per heavy atom. The van der Waals surface area contributed by atoms with E-state index in [1.807, 2.05) is 6.07 Å². The van der Waals surface area contributed by atoms with Gasteiger partial charge in [0, 0.05) is 16.6 Å². The van der Waals surface area contributed by atoms with Crippen molar-refractivity contribution in [3.8, 4) is 0 Å². The minimum atomic E-state index is -0.549. The predicted octanol–water partition coefficient (Wildman–Crippen LogP) is 3.91. The summed E-state index contributed by atoms with van der Waals surface area (Å²) >= 11 is 17.0. The number of rotatable bonds is 5. The summed E-state index contributed by atoms with van der Waals surface area (Å²) in [6.07, 6.45) is 0.143. The second-order valence-corrected chi connectivity index (χ2v) is 4.36. The molecule has 1 aromatic rings. The first-order chi connectivity index (χ1) is 8.17. The summed E-state index contributed by atoms with van der Waals surface area (Å²) in [4.78, 5) is 11.2. The molecule has 1 aromatic carbocycles. The summed E-state index contributed by atoms with van der Waals surface area (Å²) in [5.74, 6) is 0.771. The summed E-state index contributed by atoms with van der Waals surface area (Å²) in [6.45, 7) is 0.172. The molecule has 0 radical (unpaired) electrons. The van der Waals surface area contributed by atoms with Crippen molar-refractivity contribution >= 4 is 46.6 Å². The highest BCUT2D eigenvalue weighted by Crippen LogP contribution is 2.21. The normalized spacial score (nSPS) is 10.1. The largest absolute Gasteiger partial charge is 0.448 e. The number of anilines is 1. The van der Waals surface area contributed by atoms with Crippen LogP contribution in [0.25, 0.3) is 0 Å². The van der Waals surface area contributed by atoms with E-state index in [0.29, 0.717) is 23.0 Å². The van der Waals surface area contributed by atoms with Gasteiger partial charge in [0.05, 0.1) is 5.88 Å². The third kappa shape index (κ3) is 5.02. The van der Waals surface area contributed by atoms with Gasteiger partial charge in [-0.25, -0.2) is 4.79 Å². The highest BCUT2D eigenvalue weighted by Gasteiger charge is 2.05. The Hall–Kier alpha value is -0.640. The van der Waals surface area contributed by atoms with Gasteiger partial charge in [0.2, 0.25) is 0 Å². The fraction of sp³-hybridized carbons (Fsp3) is 0.364. The van der Waals surface area contributed by atoms with Crippen LogP contribution in [0.1, 0.15) is 5.56 Å². The zero-order valence-electron chi connectivity index (χ0n) is 9.01. The molecule has 0 unspecified atom stereocenters. The molecule has 0 aromatic heterocycles. The van der Waals surface area contributed by atoms with E-state index in [-0.39, 0.29) is 12.5 Å². The van der Waals surface area contributed by atoms with E-state index in [0.717, 1.165) is 5.56 Å². The third-order valence-electron chi connectivity index (χ3n) is 1.97. The molecule has 1 rings (SSSR count). The van der Waals surface area contributed by atoms with Gasteiger partial charge in [0.1, 0.15) is 6.61 Å². The zero-order chi connectivity index (χ0) is 12.7. The number of hydrogen-bond donors (Lipinski definition) is 1. The number of ether oxygens (including phenoxy) is 1. The van der Waals surface area contributed by atoms with Crippen LogP contribution in [0.15, 0.2) is 18.2 Å². The van der Waals surface area contributed by atoms with Crippen molar-refractivity contribution in [3.63, 3.8) is 0 Å². The molecule has 3 nitrogen and oxygen atoms in total. The number of carbonyl (C=O) groups excluding carboxylic acids is 1. The van der Waals surface area contributed by atoms with Crippen molar-refractivity contribution in [1.82, 2.24) is 0 Å². The van der Waals surface area contributed by atoms with E-state index in [9.17, 15) is 4.79 Å². The van der Waals surface area contributed by atoms with Crippen LogP contribution in [-0.4, -0.2) is 24.5 Å². The molecule has 0 saturated carbocycles. The highest BCUT2D eigenvalue weighted by atomic mass is 35.5. The van der Waals surface area contributed by atoms with Crippen molar-refractivity contribution in [1.29, 1.82) is 0 Å². The number of benzene rings is 1. The molecule has 1 amide bonds. The molecule has 1 N–H and O–H groups in total. The molecule has 94 valence electrons. The van der Waals surface area contributed by atoms with Gasteiger partial charge in [-0.1, -0.05) is 17.7 Å². The van der Waals surface area contributed by atoms with Crippen LogP contribution in [0.2, 0.25) is 5.02 Å². The van der Waals surface area contributed by atoms with Gasteiger partial charge in [-0.2, -0.15) is 0 Å². The maximum Gasteiger partial charge on any atom is 0.411 e. The van der Waals surface area contributed by atoms with Crippen LogP contribution >= 0.6 is 34.8 Å². The van der Waals surface area contributed by atoms with Gasteiger partial charge in [0.15, 0.2) is 0 Å². The lowest BCUT2D eigenvalue weighted by Gasteiger charge is -2.08. The topological polar surface area (TPSA) is 38.3 Å². The van der Waals surface area contributed by atoms with Crippen molar-refractivity contribution in [2.24, 2.45) is 0 Å². The summed E-state index contributed by atoms with van der Waals surface area (Å²) in [5.41, 5.74) is 1.52. The zero-order valence-corrected chi connectivity index (χ0v) is 11.3. The maximum atomic E-state index is 11.2. The fourth-order valence-electron chi connectivity index (χ4n) is 1.21. The molecule has 0 aliphatic rings. The lowest BCUT2D eigenvalue weighted by atomic mass is 10.1. The Bertz CT molecular complexity index is 385. The van der Waals surface area contributed by atoms with Crippen molar-refractivity contribution in [2.75, 3.05) is 23.7 Å². The predicted molar refractivity (Wildman–Crippen MR) is 71.6 cm³/mol. The van der Waals surface area contributed by atoms with Gasteiger partial charge in [0.25, 0.3) is 0 Å². The molecule has 0 aliphatic carbocycles. The summed E-state index contributed by atoms with van der Waals surface area (Å²) < 4.78 is 4.77. The van der Waals surface area contributed by atoms with Gasteiger partial charge in [-0.15, -0.1) is 23.2 Å². The van der Waals surface area contributed by atoms with E-state index in [1.165, 1.54) is 0 Å². The molecule has 17 heavy (non-hydrogen) atoms. The third-order valence-corrected chi connectivity index (χ3v) is 2.67. The number of alkyl halides is 2. The van der Waals surface area contributed by atoms with Crippen LogP contribution in [-0.2, 0) is 11.2 Å². The fourth-order valence-corrected chi connectivity index (χ4v) is 1.77. The number of carbonyl (C=O) groups is 1. The highest BCUT2D eigenvalue weighted by molar-refractivity contribution is 6.31. The van der Waals surface area contributed by atoms with Crippen LogP contribution in [0.4, 0.5) is 10.5 Å². The second kappa shape index (κ2) is 7.64. The van der Waals surface area contributed by atoms with E-state index in [1.54, 1.807) is 12.1 Å². The molecule has 0 atom stereocenters. The minimum absolute atomic E-state index is 0.172. The van der Waals surface area contributed by atoms with E-state index in [2.05, 4.69) is 5.32 Å².